The Morgan fingerprint density at radius 3 is 2.37 bits per heavy atom. The number of carbonyl (C=O) groups is 5. The number of fused-ring (bicyclic) bond motifs is 2. The highest BCUT2D eigenvalue weighted by molar-refractivity contribution is 6.65. The van der Waals surface area contributed by atoms with Crippen molar-refractivity contribution in [2.24, 2.45) is 29.1 Å². The van der Waals surface area contributed by atoms with Crippen LogP contribution >= 0.6 is 0 Å². The van der Waals surface area contributed by atoms with E-state index in [1.165, 1.54) is 0 Å². The van der Waals surface area contributed by atoms with Crippen LogP contribution in [0.4, 0.5) is 0 Å². The molecular weight excluding hydrogens is 448 g/mol. The first kappa shape index (κ1) is 28.7. The van der Waals surface area contributed by atoms with Crippen molar-refractivity contribution < 1.29 is 33.8 Å². The van der Waals surface area contributed by atoms with E-state index >= 15 is 0 Å². The fourth-order valence-corrected chi connectivity index (χ4v) is 4.91. The highest BCUT2D eigenvalue weighted by Gasteiger charge is 2.55. The molecule has 0 aromatic rings. The molecule has 0 radical (unpaired) electrons. The molecule has 5 atom stereocenters. The zero-order valence-electron chi connectivity index (χ0n) is 21.5. The summed E-state index contributed by atoms with van der Waals surface area (Å²) in [6.07, 6.45) is 12.9. The zero-order chi connectivity index (χ0) is 26.2. The molecule has 0 aliphatic heterocycles. The van der Waals surface area contributed by atoms with Crippen LogP contribution in [0.2, 0.25) is 0 Å². The lowest BCUT2D eigenvalue weighted by Crippen LogP contribution is -2.38. The highest BCUT2D eigenvalue weighted by Crippen LogP contribution is 2.48. The van der Waals surface area contributed by atoms with Crippen molar-refractivity contribution in [2.45, 2.75) is 91.6 Å². The lowest BCUT2D eigenvalue weighted by Gasteiger charge is -2.23. The molecule has 194 valence electrons. The Balaban J connectivity index is 2.20. The number of esters is 1. The summed E-state index contributed by atoms with van der Waals surface area (Å²) in [5, 5.41) is 8.77. The van der Waals surface area contributed by atoms with Gasteiger partial charge >= 0.3 is 11.9 Å². The van der Waals surface area contributed by atoms with Crippen molar-refractivity contribution in [1.29, 1.82) is 0 Å². The maximum absolute atomic E-state index is 12.6. The molecule has 7 heteroatoms. The van der Waals surface area contributed by atoms with Crippen LogP contribution in [0.1, 0.15) is 85.5 Å². The Morgan fingerprint density at radius 1 is 1.06 bits per heavy atom. The summed E-state index contributed by atoms with van der Waals surface area (Å²) in [4.78, 5) is 60.6. The molecule has 0 aromatic carbocycles. The van der Waals surface area contributed by atoms with Gasteiger partial charge in [-0.25, -0.2) is 0 Å². The average molecular weight is 489 g/mol. The van der Waals surface area contributed by atoms with Gasteiger partial charge < -0.3 is 9.84 Å². The quantitative estimate of drug-likeness (QED) is 0.170. The van der Waals surface area contributed by atoms with Gasteiger partial charge in [0.15, 0.2) is 0 Å². The summed E-state index contributed by atoms with van der Waals surface area (Å²) in [6, 6.07) is 0. The number of ether oxygens (including phenoxy) is 1. The first-order chi connectivity index (χ1) is 16.5. The number of carbonyl (C=O) groups excluding carboxylic acids is 4. The second-order valence-electron chi connectivity index (χ2n) is 10.8. The predicted molar refractivity (Wildman–Crippen MR) is 131 cm³/mol. The third-order valence-corrected chi connectivity index (χ3v) is 6.95. The molecule has 0 saturated heterocycles. The van der Waals surface area contributed by atoms with Gasteiger partial charge in [0.25, 0.3) is 5.78 Å². The summed E-state index contributed by atoms with van der Waals surface area (Å²) in [6.45, 7) is 7.51. The third-order valence-electron chi connectivity index (χ3n) is 6.95. The van der Waals surface area contributed by atoms with Crippen molar-refractivity contribution in [3.63, 3.8) is 0 Å². The van der Waals surface area contributed by atoms with Crippen molar-refractivity contribution in [3.8, 4) is 0 Å². The number of carboxylic acid groups (broad SMARTS) is 1. The van der Waals surface area contributed by atoms with Gasteiger partial charge in [-0.2, -0.15) is 0 Å². The monoisotopic (exact) mass is 488 g/mol. The normalized spacial score (nSPS) is 25.5. The molecule has 2 rings (SSSR count). The fourth-order valence-electron chi connectivity index (χ4n) is 4.91. The summed E-state index contributed by atoms with van der Waals surface area (Å²) in [5.41, 5.74) is -0.635. The van der Waals surface area contributed by atoms with Crippen LogP contribution in [0.5, 0.6) is 0 Å². The first-order valence-corrected chi connectivity index (χ1v) is 12.9. The number of aliphatic carboxylic acids is 1. The van der Waals surface area contributed by atoms with E-state index in [1.807, 2.05) is 24.3 Å². The number of hydrogen-bond donors (Lipinski definition) is 1. The van der Waals surface area contributed by atoms with Crippen LogP contribution < -0.4 is 0 Å². The minimum atomic E-state index is -0.892. The number of unbranched alkanes of at least 4 members (excludes halogenated alkanes) is 3. The van der Waals surface area contributed by atoms with E-state index in [9.17, 15) is 24.0 Å². The number of allylic oxidation sites excluding steroid dienone is 3. The van der Waals surface area contributed by atoms with Gasteiger partial charge in [-0.05, 0) is 77.2 Å². The van der Waals surface area contributed by atoms with Gasteiger partial charge in [-0.15, -0.1) is 0 Å². The van der Waals surface area contributed by atoms with E-state index in [1.54, 1.807) is 20.8 Å². The molecule has 3 unspecified atom stereocenters. The molecule has 0 spiro atoms. The Bertz CT molecular complexity index is 861. The maximum atomic E-state index is 12.6. The Kier molecular flexibility index (Phi) is 10.6. The van der Waals surface area contributed by atoms with Gasteiger partial charge in [-0.1, -0.05) is 38.0 Å². The lowest BCUT2D eigenvalue weighted by atomic mass is 9.83. The van der Waals surface area contributed by atoms with E-state index in [-0.39, 0.29) is 24.2 Å². The average Bonchev–Trinajstić information content (AvgIpc) is 3.12. The third kappa shape index (κ3) is 7.97. The number of carboxylic acids is 1. The van der Waals surface area contributed by atoms with E-state index in [0.29, 0.717) is 32.1 Å². The van der Waals surface area contributed by atoms with Gasteiger partial charge in [0.05, 0.1) is 5.41 Å². The van der Waals surface area contributed by atoms with Gasteiger partial charge in [-0.3, -0.25) is 24.0 Å². The number of Topliss-reactive ketones (excluding diaryl/α,β-unsaturated/α-hetero) is 3. The molecule has 2 fully saturated rings. The van der Waals surface area contributed by atoms with Crippen molar-refractivity contribution in [2.75, 3.05) is 0 Å². The summed E-state index contributed by atoms with van der Waals surface area (Å²) < 4.78 is 5.78. The van der Waals surface area contributed by atoms with Crippen LogP contribution in [0.3, 0.4) is 0 Å². The van der Waals surface area contributed by atoms with Crippen LogP contribution in [-0.2, 0) is 28.7 Å². The van der Waals surface area contributed by atoms with Crippen molar-refractivity contribution in [1.82, 2.24) is 0 Å². The Hall–Kier alpha value is -2.57. The van der Waals surface area contributed by atoms with E-state index in [4.69, 9.17) is 9.84 Å². The Labute approximate surface area is 208 Å². The van der Waals surface area contributed by atoms with E-state index in [2.05, 4.69) is 6.92 Å². The number of ketones is 3. The molecule has 7 nitrogen and oxygen atoms in total. The van der Waals surface area contributed by atoms with Gasteiger partial charge in [0, 0.05) is 18.3 Å². The molecule has 1 N–H and O–H groups in total. The molecule has 0 aromatic heterocycles. The molecule has 35 heavy (non-hydrogen) atoms. The zero-order valence-corrected chi connectivity index (χ0v) is 21.5. The summed E-state index contributed by atoms with van der Waals surface area (Å²) >= 11 is 0. The minimum absolute atomic E-state index is 0.0953. The van der Waals surface area contributed by atoms with Crippen LogP contribution in [0, 0.1) is 29.1 Å². The molecule has 2 bridgehead atoms. The fraction of sp³-hybridized carbons (Fsp3) is 0.679. The largest absolute Gasteiger partial charge is 0.481 e. The summed E-state index contributed by atoms with van der Waals surface area (Å²) in [7, 11) is 0. The SMILES string of the molecule is CCCCCC(/C=C/C1C(C/C=C\CCCC(=O)O)[C@@H]2C[C@@H]1C(=O)C(=O)C2=O)OC(=O)C(C)(C)C. The van der Waals surface area contributed by atoms with E-state index in [0.717, 1.165) is 19.3 Å². The first-order valence-electron chi connectivity index (χ1n) is 12.9. The second-order valence-corrected chi connectivity index (χ2v) is 10.8. The summed E-state index contributed by atoms with van der Waals surface area (Å²) in [5.74, 6) is -4.71. The van der Waals surface area contributed by atoms with Gasteiger partial charge in [0.2, 0.25) is 11.6 Å². The van der Waals surface area contributed by atoms with Crippen molar-refractivity contribution in [3.05, 3.63) is 24.3 Å². The predicted octanol–water partition coefficient (Wildman–Crippen LogP) is 4.87. The minimum Gasteiger partial charge on any atom is -0.481 e. The molecular formula is C28H40O7. The Morgan fingerprint density at radius 2 is 1.74 bits per heavy atom. The second kappa shape index (κ2) is 12.9. The topological polar surface area (TPSA) is 115 Å². The van der Waals surface area contributed by atoms with E-state index < -0.39 is 46.7 Å². The number of hydrogen-bond acceptors (Lipinski definition) is 6. The molecule has 0 amide bonds. The van der Waals surface area contributed by atoms with Crippen LogP contribution in [0.25, 0.3) is 0 Å². The van der Waals surface area contributed by atoms with Gasteiger partial charge in [0.1, 0.15) is 6.10 Å². The molecule has 2 aliphatic rings. The molecule has 2 saturated carbocycles. The molecule has 0 heterocycles. The standard InChI is InChI=1S/C28H40O7/c1-5-6-9-12-18(35-27(34)28(2,3)4)15-16-20-19(13-10-7-8-11-14-23(29)30)21-17-22(20)25(32)26(33)24(21)31/h7,10,15-16,18-22H,5-6,8-9,11-14,17H2,1-4H3,(H,29,30)/b10-7-,16-15+/t18?,19?,20?,21-,22-/m0/s1. The van der Waals surface area contributed by atoms with Crippen molar-refractivity contribution >= 4 is 29.3 Å². The molecule has 2 aliphatic carbocycles. The lowest BCUT2D eigenvalue weighted by molar-refractivity contribution is -0.156. The smallest absolute Gasteiger partial charge is 0.311 e. The van der Waals surface area contributed by atoms with Crippen LogP contribution in [0.15, 0.2) is 24.3 Å². The maximum Gasteiger partial charge on any atom is 0.311 e. The van der Waals surface area contributed by atoms with Crippen LogP contribution in [-0.4, -0.2) is 40.5 Å². The highest BCUT2D eigenvalue weighted by atomic mass is 16.5. The number of rotatable bonds is 13.